The minimum atomic E-state index is -2.92. The summed E-state index contributed by atoms with van der Waals surface area (Å²) in [5, 5.41) is 3.03. The zero-order chi connectivity index (χ0) is 20.8. The van der Waals surface area contributed by atoms with Crippen molar-refractivity contribution >= 4 is 17.5 Å². The number of hydrogen-bond donors (Lipinski definition) is 1. The van der Waals surface area contributed by atoms with Crippen molar-refractivity contribution in [2.75, 3.05) is 0 Å². The molecule has 29 heavy (non-hydrogen) atoms. The molecule has 1 amide bonds. The maximum absolute atomic E-state index is 14.0. The van der Waals surface area contributed by atoms with E-state index >= 15 is 0 Å². The Balaban J connectivity index is 1.84. The predicted octanol–water partition coefficient (Wildman–Crippen LogP) is 5.53. The van der Waals surface area contributed by atoms with E-state index in [0.29, 0.717) is 5.56 Å². The van der Waals surface area contributed by atoms with Crippen LogP contribution in [0.15, 0.2) is 72.8 Å². The molecule has 7 heteroatoms. The van der Waals surface area contributed by atoms with Gasteiger partial charge in [-0.3, -0.25) is 4.79 Å². The summed E-state index contributed by atoms with van der Waals surface area (Å²) in [4.78, 5) is 12.6. The van der Waals surface area contributed by atoms with Gasteiger partial charge in [0.1, 0.15) is 11.6 Å². The number of nitrogens with one attached hydrogen (secondary N) is 1. The highest BCUT2D eigenvalue weighted by atomic mass is 35.5. The van der Waals surface area contributed by atoms with E-state index in [0.717, 1.165) is 5.56 Å². The SMILES string of the molecule is O=C(Cc1c(F)cccc1Cl)NC(c1ccccc1)c1ccc(OC(F)F)cc1. The van der Waals surface area contributed by atoms with Gasteiger partial charge < -0.3 is 10.1 Å². The summed E-state index contributed by atoms with van der Waals surface area (Å²) in [6.07, 6.45) is -0.235. The Kier molecular flexibility index (Phi) is 6.77. The first-order valence-electron chi connectivity index (χ1n) is 8.76. The number of carbonyl (C=O) groups is 1. The van der Waals surface area contributed by atoms with Crippen LogP contribution >= 0.6 is 11.6 Å². The molecule has 0 saturated heterocycles. The zero-order valence-corrected chi connectivity index (χ0v) is 15.9. The van der Waals surface area contributed by atoms with Gasteiger partial charge in [-0.05, 0) is 35.4 Å². The van der Waals surface area contributed by atoms with Gasteiger partial charge in [-0.15, -0.1) is 0 Å². The van der Waals surface area contributed by atoms with Gasteiger partial charge in [0.2, 0.25) is 5.91 Å². The summed E-state index contributed by atoms with van der Waals surface area (Å²) in [6.45, 7) is -2.92. The van der Waals surface area contributed by atoms with Crippen LogP contribution in [0.1, 0.15) is 22.7 Å². The van der Waals surface area contributed by atoms with Gasteiger partial charge >= 0.3 is 6.61 Å². The quantitative estimate of drug-likeness (QED) is 0.547. The molecule has 0 saturated carbocycles. The van der Waals surface area contributed by atoms with Crippen LogP contribution in [-0.4, -0.2) is 12.5 Å². The number of ether oxygens (including phenoxy) is 1. The average molecular weight is 420 g/mol. The normalized spacial score (nSPS) is 11.9. The van der Waals surface area contributed by atoms with Crippen LogP contribution in [0, 0.1) is 5.82 Å². The van der Waals surface area contributed by atoms with E-state index in [9.17, 15) is 18.0 Å². The van der Waals surface area contributed by atoms with E-state index in [-0.39, 0.29) is 22.8 Å². The second-order valence-corrected chi connectivity index (χ2v) is 6.64. The molecule has 0 aliphatic carbocycles. The molecule has 0 bridgehead atoms. The predicted molar refractivity (Wildman–Crippen MR) is 105 cm³/mol. The van der Waals surface area contributed by atoms with Gasteiger partial charge in [0.05, 0.1) is 12.5 Å². The summed E-state index contributed by atoms with van der Waals surface area (Å²) in [6, 6.07) is 18.8. The molecule has 1 unspecified atom stereocenters. The van der Waals surface area contributed by atoms with E-state index in [2.05, 4.69) is 10.1 Å². The molecule has 1 atom stereocenters. The summed E-state index contributed by atoms with van der Waals surface area (Å²) in [5.74, 6) is -0.976. The van der Waals surface area contributed by atoms with Crippen molar-refractivity contribution in [2.24, 2.45) is 0 Å². The maximum Gasteiger partial charge on any atom is 0.387 e. The Bertz CT molecular complexity index is 945. The largest absolute Gasteiger partial charge is 0.435 e. The number of carbonyl (C=O) groups excluding carboxylic acids is 1. The van der Waals surface area contributed by atoms with E-state index < -0.39 is 24.4 Å². The topological polar surface area (TPSA) is 38.3 Å². The molecule has 0 fully saturated rings. The van der Waals surface area contributed by atoms with E-state index in [1.807, 2.05) is 30.3 Å². The molecule has 0 aliphatic rings. The van der Waals surface area contributed by atoms with Gasteiger partial charge in [-0.1, -0.05) is 60.1 Å². The second kappa shape index (κ2) is 9.47. The van der Waals surface area contributed by atoms with Crippen LogP contribution in [0.25, 0.3) is 0 Å². The van der Waals surface area contributed by atoms with Crippen LogP contribution in [0.2, 0.25) is 5.02 Å². The van der Waals surface area contributed by atoms with Crippen molar-refractivity contribution in [3.05, 3.63) is 100 Å². The van der Waals surface area contributed by atoms with Gasteiger partial charge in [-0.2, -0.15) is 8.78 Å². The monoisotopic (exact) mass is 419 g/mol. The van der Waals surface area contributed by atoms with Crippen LogP contribution in [-0.2, 0) is 11.2 Å². The molecular weight excluding hydrogens is 403 g/mol. The van der Waals surface area contributed by atoms with E-state index in [1.165, 1.54) is 30.3 Å². The van der Waals surface area contributed by atoms with Gasteiger partial charge in [0.25, 0.3) is 0 Å². The highest BCUT2D eigenvalue weighted by molar-refractivity contribution is 6.31. The fourth-order valence-electron chi connectivity index (χ4n) is 2.92. The number of benzene rings is 3. The van der Waals surface area contributed by atoms with Crippen LogP contribution in [0.4, 0.5) is 13.2 Å². The summed E-state index contributed by atoms with van der Waals surface area (Å²) < 4.78 is 43.1. The fourth-order valence-corrected chi connectivity index (χ4v) is 3.15. The number of halogens is 4. The molecule has 1 N–H and O–H groups in total. The number of rotatable bonds is 7. The zero-order valence-electron chi connectivity index (χ0n) is 15.1. The molecule has 150 valence electrons. The first kappa shape index (κ1) is 20.7. The average Bonchev–Trinajstić information content (AvgIpc) is 2.70. The van der Waals surface area contributed by atoms with Gasteiger partial charge in [-0.25, -0.2) is 4.39 Å². The van der Waals surface area contributed by atoms with Crippen molar-refractivity contribution in [3.63, 3.8) is 0 Å². The Hall–Kier alpha value is -2.99. The first-order chi connectivity index (χ1) is 13.9. The highest BCUT2D eigenvalue weighted by Gasteiger charge is 2.19. The van der Waals surface area contributed by atoms with E-state index in [1.54, 1.807) is 12.1 Å². The standard InChI is InChI=1S/C22H17ClF3NO2/c23-18-7-4-8-19(24)17(18)13-20(28)27-21(14-5-2-1-3-6-14)15-9-11-16(12-10-15)29-22(25)26/h1-12,21-22H,13H2,(H,27,28). The lowest BCUT2D eigenvalue weighted by Gasteiger charge is -2.20. The Labute approximate surface area is 171 Å². The van der Waals surface area contributed by atoms with Crippen molar-refractivity contribution in [1.82, 2.24) is 5.32 Å². The number of alkyl halides is 2. The third-order valence-electron chi connectivity index (χ3n) is 4.28. The molecular formula is C22H17ClF3NO2. The number of amides is 1. The molecule has 0 aliphatic heterocycles. The van der Waals surface area contributed by atoms with Crippen molar-refractivity contribution < 1.29 is 22.7 Å². The number of hydrogen-bond acceptors (Lipinski definition) is 2. The Morgan fingerprint density at radius 3 is 2.21 bits per heavy atom. The third-order valence-corrected chi connectivity index (χ3v) is 4.63. The third kappa shape index (κ3) is 5.51. The minimum absolute atomic E-state index is 0.0139. The van der Waals surface area contributed by atoms with Crippen LogP contribution in [0.5, 0.6) is 5.75 Å². The lowest BCUT2D eigenvalue weighted by molar-refractivity contribution is -0.121. The fraction of sp³-hybridized carbons (Fsp3) is 0.136. The molecule has 3 rings (SSSR count). The molecule has 0 spiro atoms. The lowest BCUT2D eigenvalue weighted by Crippen LogP contribution is -2.31. The second-order valence-electron chi connectivity index (χ2n) is 6.24. The summed E-state index contributed by atoms with van der Waals surface area (Å²) in [7, 11) is 0. The molecule has 0 radical (unpaired) electrons. The maximum atomic E-state index is 14.0. The Morgan fingerprint density at radius 1 is 0.931 bits per heavy atom. The van der Waals surface area contributed by atoms with Crippen LogP contribution in [0.3, 0.4) is 0 Å². The van der Waals surface area contributed by atoms with Crippen LogP contribution < -0.4 is 10.1 Å². The first-order valence-corrected chi connectivity index (χ1v) is 9.14. The molecule has 0 heterocycles. The summed E-state index contributed by atoms with van der Waals surface area (Å²) in [5.41, 5.74) is 1.55. The molecule has 3 nitrogen and oxygen atoms in total. The molecule has 3 aromatic rings. The van der Waals surface area contributed by atoms with Crippen molar-refractivity contribution in [1.29, 1.82) is 0 Å². The molecule has 0 aromatic heterocycles. The highest BCUT2D eigenvalue weighted by Crippen LogP contribution is 2.26. The van der Waals surface area contributed by atoms with Gasteiger partial charge in [0, 0.05) is 10.6 Å². The lowest BCUT2D eigenvalue weighted by atomic mass is 9.98. The van der Waals surface area contributed by atoms with Crippen molar-refractivity contribution in [2.45, 2.75) is 19.1 Å². The van der Waals surface area contributed by atoms with Crippen molar-refractivity contribution in [3.8, 4) is 5.75 Å². The van der Waals surface area contributed by atoms with Gasteiger partial charge in [0.15, 0.2) is 0 Å². The Morgan fingerprint density at radius 2 is 1.59 bits per heavy atom. The van der Waals surface area contributed by atoms with E-state index in [4.69, 9.17) is 11.6 Å². The molecule has 3 aromatic carbocycles. The summed E-state index contributed by atoms with van der Waals surface area (Å²) >= 11 is 6.01. The smallest absolute Gasteiger partial charge is 0.387 e. The minimum Gasteiger partial charge on any atom is -0.435 e.